The summed E-state index contributed by atoms with van der Waals surface area (Å²) in [6.07, 6.45) is 9.32. The molecule has 99 heavy (non-hydrogen) atoms. The van der Waals surface area contributed by atoms with E-state index >= 15 is 0 Å². The summed E-state index contributed by atoms with van der Waals surface area (Å²) < 4.78 is 0. The largest absolute Gasteiger partial charge is 0.310 e. The zero-order valence-corrected chi connectivity index (χ0v) is 56.6. The van der Waals surface area contributed by atoms with E-state index in [4.69, 9.17) is 0 Å². The van der Waals surface area contributed by atoms with E-state index in [9.17, 15) is 0 Å². The first-order chi connectivity index (χ1) is 48.4. The van der Waals surface area contributed by atoms with Crippen LogP contribution in [0.3, 0.4) is 0 Å². The van der Waals surface area contributed by atoms with Gasteiger partial charge in [0, 0.05) is 39.5 Å². The first-order valence-electron chi connectivity index (χ1n) is 34.9. The summed E-state index contributed by atoms with van der Waals surface area (Å²) in [6, 6.07) is 115. The summed E-state index contributed by atoms with van der Waals surface area (Å²) in [4.78, 5) is 4.84. The van der Waals surface area contributed by atoms with Crippen LogP contribution in [0.1, 0.15) is 114 Å². The maximum atomic E-state index is 2.49. The molecule has 0 heterocycles. The summed E-state index contributed by atoms with van der Waals surface area (Å²) in [5.74, 6) is 0. The summed E-state index contributed by atoms with van der Waals surface area (Å²) in [7, 11) is 0. The van der Waals surface area contributed by atoms with Gasteiger partial charge in [-0.05, 0) is 246 Å². The molecule has 0 unspecified atom stereocenters. The predicted molar refractivity (Wildman–Crippen MR) is 416 cm³/mol. The molecule has 0 atom stereocenters. The van der Waals surface area contributed by atoms with Gasteiger partial charge in [-0.1, -0.05) is 279 Å². The number of aryl methyl sites for hydroxylation is 4. The van der Waals surface area contributed by atoms with Crippen LogP contribution in [0.15, 0.2) is 303 Å². The van der Waals surface area contributed by atoms with Gasteiger partial charge < -0.3 is 9.80 Å². The SMILES string of the molecule is Cc1ccc(N(c2ccc(C)cc2)c2ccc3c(c2)C2(c4ccccc4-c4ccccc42)c2cc(/C=C/c4ccc5c(c4)C(C)(C)c4cc(/C=C/c6ccc7c(c6)C6(c8ccccc8-c8ccccc86)c6cc(N(c8ccc(C)cc8)c8ccc(C)cc8)ccc6-7)ccc4-5)ccc2-3)cc1. The average molecular weight is 1270 g/mol. The molecule has 14 aromatic carbocycles. The van der Waals surface area contributed by atoms with Gasteiger partial charge in [0.25, 0.3) is 0 Å². The van der Waals surface area contributed by atoms with E-state index in [1.54, 1.807) is 0 Å². The topological polar surface area (TPSA) is 6.48 Å². The first kappa shape index (κ1) is 58.5. The molecular formula is C97H72N2. The number of hydrogen-bond acceptors (Lipinski definition) is 2. The lowest BCUT2D eigenvalue weighted by Crippen LogP contribution is -2.26. The van der Waals surface area contributed by atoms with Gasteiger partial charge in [-0.2, -0.15) is 0 Å². The predicted octanol–water partition coefficient (Wildman–Crippen LogP) is 25.2. The molecule has 0 fully saturated rings. The summed E-state index contributed by atoms with van der Waals surface area (Å²) in [6.45, 7) is 13.4. The van der Waals surface area contributed by atoms with Crippen LogP contribution >= 0.6 is 0 Å². The molecule has 0 amide bonds. The van der Waals surface area contributed by atoms with Crippen LogP contribution in [0.4, 0.5) is 34.1 Å². The second-order valence-electron chi connectivity index (χ2n) is 28.7. The lowest BCUT2D eigenvalue weighted by atomic mass is 9.70. The minimum atomic E-state index is -0.521. The van der Waals surface area contributed by atoms with Gasteiger partial charge >= 0.3 is 0 Å². The maximum absolute atomic E-state index is 2.49. The lowest BCUT2D eigenvalue weighted by Gasteiger charge is -2.32. The Morgan fingerprint density at radius 1 is 0.202 bits per heavy atom. The van der Waals surface area contributed by atoms with E-state index in [2.05, 4.69) is 379 Å². The molecule has 14 aromatic rings. The molecule has 0 saturated carbocycles. The second kappa shape index (κ2) is 22.1. The Morgan fingerprint density at radius 3 is 0.697 bits per heavy atom. The fourth-order valence-corrected chi connectivity index (χ4v) is 17.8. The molecule has 0 aliphatic heterocycles. The van der Waals surface area contributed by atoms with E-state index in [0.717, 1.165) is 34.1 Å². The van der Waals surface area contributed by atoms with Crippen molar-refractivity contribution in [1.82, 2.24) is 0 Å². The quantitative estimate of drug-likeness (QED) is 0.126. The molecule has 0 radical (unpaired) electrons. The van der Waals surface area contributed by atoms with Crippen LogP contribution in [0.5, 0.6) is 0 Å². The van der Waals surface area contributed by atoms with Crippen LogP contribution in [-0.2, 0) is 16.2 Å². The standard InChI is InChI=1S/C97H72N2/c1-61-23-39-69(40-24-61)98(70-41-25-62(2)26-42-70)73-47-53-83-81-51-37-67(57-91(81)96(93(83)59-73)85-19-11-7-15-75(85)76-16-8-12-20-86(76)96)33-31-65-35-49-79-80-50-36-66(56-90(80)95(5,6)89(79)55-65)32-34-68-38-52-82-84-54-48-74(99(71-43-27-63(3)28-44-71)72-45-29-64(4)30-46-72)60-94(84)97(92(82)58-68)87-21-13-9-17-77(87)78-18-10-14-22-88(78)97/h7-60H,1-6H3/b33-31+,34-32+. The van der Waals surface area contributed by atoms with Crippen molar-refractivity contribution in [2.75, 3.05) is 9.80 Å². The molecule has 5 aliphatic rings. The highest BCUT2D eigenvalue weighted by Crippen LogP contribution is 2.66. The van der Waals surface area contributed by atoms with Crippen LogP contribution in [0.25, 0.3) is 79.9 Å². The summed E-state index contributed by atoms with van der Waals surface area (Å²) >= 11 is 0. The maximum Gasteiger partial charge on any atom is 0.0726 e. The Kier molecular flexibility index (Phi) is 13.1. The van der Waals surface area contributed by atoms with Crippen molar-refractivity contribution in [2.24, 2.45) is 0 Å². The van der Waals surface area contributed by atoms with Gasteiger partial charge in [-0.3, -0.25) is 0 Å². The van der Waals surface area contributed by atoms with Crippen LogP contribution in [0, 0.1) is 27.7 Å². The van der Waals surface area contributed by atoms with Gasteiger partial charge in [0.1, 0.15) is 0 Å². The van der Waals surface area contributed by atoms with Gasteiger partial charge in [0.05, 0.1) is 10.8 Å². The van der Waals surface area contributed by atoms with Gasteiger partial charge in [0.15, 0.2) is 0 Å². The highest BCUT2D eigenvalue weighted by molar-refractivity contribution is 6.00. The Hall–Kier alpha value is -11.8. The third-order valence-corrected chi connectivity index (χ3v) is 22.5. The Balaban J connectivity index is 0.650. The summed E-state index contributed by atoms with van der Waals surface area (Å²) in [5.41, 5.74) is 41.5. The van der Waals surface area contributed by atoms with Crippen molar-refractivity contribution in [1.29, 1.82) is 0 Å². The smallest absolute Gasteiger partial charge is 0.0726 e. The van der Waals surface area contributed by atoms with E-state index in [-0.39, 0.29) is 5.41 Å². The van der Waals surface area contributed by atoms with E-state index in [0.29, 0.717) is 0 Å². The van der Waals surface area contributed by atoms with E-state index < -0.39 is 10.8 Å². The highest BCUT2D eigenvalue weighted by Gasteiger charge is 2.54. The van der Waals surface area contributed by atoms with Crippen molar-refractivity contribution >= 4 is 58.4 Å². The van der Waals surface area contributed by atoms with Crippen LogP contribution < -0.4 is 9.80 Å². The molecule has 0 N–H and O–H groups in total. The van der Waals surface area contributed by atoms with Crippen molar-refractivity contribution < 1.29 is 0 Å². The number of rotatable bonds is 10. The van der Waals surface area contributed by atoms with Crippen molar-refractivity contribution in [3.05, 3.63) is 403 Å². The fourth-order valence-electron chi connectivity index (χ4n) is 17.8. The molecule has 5 aliphatic carbocycles. The van der Waals surface area contributed by atoms with Gasteiger partial charge in [0.2, 0.25) is 0 Å². The van der Waals surface area contributed by atoms with E-state index in [1.165, 1.54) is 156 Å². The Labute approximate surface area is 581 Å². The van der Waals surface area contributed by atoms with Gasteiger partial charge in [-0.25, -0.2) is 0 Å². The zero-order valence-electron chi connectivity index (χ0n) is 56.6. The first-order valence-corrected chi connectivity index (χ1v) is 34.9. The van der Waals surface area contributed by atoms with Crippen LogP contribution in [-0.4, -0.2) is 0 Å². The Morgan fingerprint density at radius 2 is 0.414 bits per heavy atom. The Bertz CT molecular complexity index is 5200. The minimum absolute atomic E-state index is 0.219. The van der Waals surface area contributed by atoms with Crippen molar-refractivity contribution in [3.8, 4) is 55.6 Å². The zero-order chi connectivity index (χ0) is 66.5. The normalized spacial score (nSPS) is 14.3. The third kappa shape index (κ3) is 8.75. The van der Waals surface area contributed by atoms with Crippen molar-refractivity contribution in [3.63, 3.8) is 0 Å². The van der Waals surface area contributed by atoms with Crippen LogP contribution in [0.2, 0.25) is 0 Å². The lowest BCUT2D eigenvalue weighted by molar-refractivity contribution is 0.660. The molecule has 2 spiro atoms. The fraction of sp³-hybridized carbons (Fsp3) is 0.0928. The highest BCUT2D eigenvalue weighted by atomic mass is 15.1. The molecule has 470 valence electrons. The third-order valence-electron chi connectivity index (χ3n) is 22.5. The monoisotopic (exact) mass is 1260 g/mol. The molecule has 2 heteroatoms. The number of anilines is 6. The molecule has 0 bridgehead atoms. The molecule has 2 nitrogen and oxygen atoms in total. The molecule has 0 saturated heterocycles. The second-order valence-corrected chi connectivity index (χ2v) is 28.7. The van der Waals surface area contributed by atoms with Gasteiger partial charge in [-0.15, -0.1) is 0 Å². The van der Waals surface area contributed by atoms with Crippen molar-refractivity contribution in [2.45, 2.75) is 57.8 Å². The number of hydrogen-bond donors (Lipinski definition) is 0. The molecule has 19 rings (SSSR count). The number of benzene rings is 14. The number of fused-ring (bicyclic) bond motifs is 23. The average Bonchev–Trinajstić information content (AvgIpc) is 1.52. The summed E-state index contributed by atoms with van der Waals surface area (Å²) in [5, 5.41) is 0. The molecule has 0 aromatic heterocycles. The number of nitrogens with zero attached hydrogens (tertiary/aromatic N) is 2. The molecular weight excluding hydrogens is 1190 g/mol. The van der Waals surface area contributed by atoms with E-state index in [1.807, 2.05) is 0 Å². The minimum Gasteiger partial charge on any atom is -0.310 e.